The lowest BCUT2D eigenvalue weighted by molar-refractivity contribution is -0.131. The molecule has 0 aromatic carbocycles. The van der Waals surface area contributed by atoms with Gasteiger partial charge in [-0.25, -0.2) is 4.79 Å². The molecule has 6 heteroatoms. The van der Waals surface area contributed by atoms with E-state index in [0.717, 1.165) is 37.5 Å². The molecule has 4 unspecified atom stereocenters. The molecule has 2 bridgehead atoms. The first-order chi connectivity index (χ1) is 12.5. The van der Waals surface area contributed by atoms with Crippen LogP contribution < -0.4 is 10.6 Å². The summed E-state index contributed by atoms with van der Waals surface area (Å²) >= 11 is 0. The zero-order valence-corrected chi connectivity index (χ0v) is 15.8. The number of carbonyl (C=O) groups excluding carboxylic acids is 3. The van der Waals surface area contributed by atoms with Gasteiger partial charge in [-0.2, -0.15) is 0 Å². The minimum Gasteiger partial charge on any atom is -0.353 e. The third-order valence-electron chi connectivity index (χ3n) is 7.31. The first-order valence-electron chi connectivity index (χ1n) is 10.4. The molecule has 4 rings (SSSR count). The fourth-order valence-electron chi connectivity index (χ4n) is 5.93. The SMILES string of the molecule is CC(NC(=O)CCCN1C(=O)NC2(CCCC2)C1=O)C1CC2CCC1C2. The molecule has 0 radical (unpaired) electrons. The van der Waals surface area contributed by atoms with E-state index in [-0.39, 0.29) is 23.9 Å². The van der Waals surface area contributed by atoms with Crippen molar-refractivity contribution < 1.29 is 14.4 Å². The molecule has 0 aromatic heterocycles. The monoisotopic (exact) mass is 361 g/mol. The Labute approximate surface area is 155 Å². The van der Waals surface area contributed by atoms with Crippen molar-refractivity contribution in [2.45, 2.75) is 82.7 Å². The molecule has 6 nitrogen and oxygen atoms in total. The van der Waals surface area contributed by atoms with Crippen LogP contribution in [-0.4, -0.2) is 40.9 Å². The number of hydrogen-bond donors (Lipinski definition) is 2. The Morgan fingerprint density at radius 1 is 1.27 bits per heavy atom. The maximum atomic E-state index is 12.6. The van der Waals surface area contributed by atoms with Gasteiger partial charge in [0.05, 0.1) is 0 Å². The molecule has 26 heavy (non-hydrogen) atoms. The zero-order chi connectivity index (χ0) is 18.3. The second-order valence-corrected chi connectivity index (χ2v) is 8.97. The van der Waals surface area contributed by atoms with Crippen LogP contribution in [0.25, 0.3) is 0 Å². The van der Waals surface area contributed by atoms with Crippen molar-refractivity contribution in [2.24, 2.45) is 17.8 Å². The summed E-state index contributed by atoms with van der Waals surface area (Å²) < 4.78 is 0. The number of imide groups is 1. The summed E-state index contributed by atoms with van der Waals surface area (Å²) in [5, 5.41) is 6.05. The molecule has 4 amide bonds. The Morgan fingerprint density at radius 3 is 2.69 bits per heavy atom. The average molecular weight is 361 g/mol. The lowest BCUT2D eigenvalue weighted by Gasteiger charge is -2.28. The predicted octanol–water partition coefficient (Wildman–Crippen LogP) is 2.57. The third-order valence-corrected chi connectivity index (χ3v) is 7.31. The van der Waals surface area contributed by atoms with E-state index in [4.69, 9.17) is 0 Å². The van der Waals surface area contributed by atoms with Crippen molar-refractivity contribution in [3.63, 3.8) is 0 Å². The van der Waals surface area contributed by atoms with Gasteiger partial charge in [0, 0.05) is 19.0 Å². The predicted molar refractivity (Wildman–Crippen MR) is 97.2 cm³/mol. The largest absolute Gasteiger partial charge is 0.353 e. The number of carbonyl (C=O) groups is 3. The molecule has 3 saturated carbocycles. The van der Waals surface area contributed by atoms with Crippen LogP contribution in [-0.2, 0) is 9.59 Å². The van der Waals surface area contributed by atoms with Gasteiger partial charge in [0.25, 0.3) is 5.91 Å². The van der Waals surface area contributed by atoms with E-state index in [1.165, 1.54) is 30.6 Å². The van der Waals surface area contributed by atoms with Crippen molar-refractivity contribution in [1.29, 1.82) is 0 Å². The highest BCUT2D eigenvalue weighted by Gasteiger charge is 2.52. The Kier molecular flexibility index (Phi) is 4.70. The van der Waals surface area contributed by atoms with E-state index in [9.17, 15) is 14.4 Å². The molecule has 2 N–H and O–H groups in total. The summed E-state index contributed by atoms with van der Waals surface area (Å²) in [6, 6.07) is -0.0519. The van der Waals surface area contributed by atoms with E-state index in [1.807, 2.05) is 0 Å². The van der Waals surface area contributed by atoms with Crippen LogP contribution >= 0.6 is 0 Å². The zero-order valence-electron chi connectivity index (χ0n) is 15.8. The topological polar surface area (TPSA) is 78.5 Å². The average Bonchev–Trinajstić information content (AvgIpc) is 3.37. The van der Waals surface area contributed by atoms with Gasteiger partial charge in [-0.05, 0) is 63.2 Å². The molecule has 0 aromatic rings. The van der Waals surface area contributed by atoms with Crippen LogP contribution in [0.2, 0.25) is 0 Å². The fourth-order valence-corrected chi connectivity index (χ4v) is 5.93. The molecule has 1 spiro atoms. The molecule has 3 aliphatic carbocycles. The van der Waals surface area contributed by atoms with Crippen LogP contribution in [0, 0.1) is 17.8 Å². The lowest BCUT2D eigenvalue weighted by atomic mass is 9.84. The van der Waals surface area contributed by atoms with Crippen molar-refractivity contribution in [3.8, 4) is 0 Å². The summed E-state index contributed by atoms with van der Waals surface area (Å²) in [6.07, 6.45) is 9.67. The summed E-state index contributed by atoms with van der Waals surface area (Å²) in [5.41, 5.74) is -0.643. The first kappa shape index (κ1) is 17.8. The molecule has 4 atom stereocenters. The van der Waals surface area contributed by atoms with E-state index >= 15 is 0 Å². The van der Waals surface area contributed by atoms with Crippen LogP contribution in [0.5, 0.6) is 0 Å². The van der Waals surface area contributed by atoms with Gasteiger partial charge in [0.2, 0.25) is 5.91 Å². The highest BCUT2D eigenvalue weighted by atomic mass is 16.2. The molecule has 1 heterocycles. The quantitative estimate of drug-likeness (QED) is 0.714. The van der Waals surface area contributed by atoms with E-state index in [2.05, 4.69) is 17.6 Å². The van der Waals surface area contributed by atoms with E-state index < -0.39 is 5.54 Å². The summed E-state index contributed by atoms with van der Waals surface area (Å²) in [5.74, 6) is 2.26. The Hall–Kier alpha value is -1.59. The number of fused-ring (bicyclic) bond motifs is 2. The van der Waals surface area contributed by atoms with Crippen LogP contribution in [0.15, 0.2) is 0 Å². The minimum atomic E-state index is -0.643. The highest BCUT2D eigenvalue weighted by molar-refractivity contribution is 6.07. The van der Waals surface area contributed by atoms with Crippen LogP contribution in [0.4, 0.5) is 4.79 Å². The third kappa shape index (κ3) is 3.12. The molecule has 144 valence electrons. The minimum absolute atomic E-state index is 0.0444. The number of amides is 4. The maximum Gasteiger partial charge on any atom is 0.325 e. The van der Waals surface area contributed by atoms with E-state index in [0.29, 0.717) is 25.3 Å². The number of rotatable bonds is 6. The second kappa shape index (κ2) is 6.86. The van der Waals surface area contributed by atoms with Gasteiger partial charge in [-0.3, -0.25) is 14.5 Å². The van der Waals surface area contributed by atoms with Gasteiger partial charge >= 0.3 is 6.03 Å². The number of urea groups is 1. The van der Waals surface area contributed by atoms with Crippen LogP contribution in [0.3, 0.4) is 0 Å². The molecule has 4 fully saturated rings. The lowest BCUT2D eigenvalue weighted by Crippen LogP contribution is -2.44. The van der Waals surface area contributed by atoms with Crippen molar-refractivity contribution in [1.82, 2.24) is 15.5 Å². The van der Waals surface area contributed by atoms with Gasteiger partial charge in [-0.1, -0.05) is 19.3 Å². The standard InChI is InChI=1S/C20H31N3O3/c1-13(16-12-14-6-7-15(16)11-14)21-17(24)5-4-10-23-18(25)20(22-19(23)26)8-2-3-9-20/h13-16H,2-12H2,1H3,(H,21,24)(H,22,26). The normalized spacial score (nSPS) is 33.1. The molecule has 1 saturated heterocycles. The van der Waals surface area contributed by atoms with Crippen LogP contribution in [0.1, 0.15) is 71.1 Å². The van der Waals surface area contributed by atoms with Crippen molar-refractivity contribution >= 4 is 17.8 Å². The smallest absolute Gasteiger partial charge is 0.325 e. The highest BCUT2D eigenvalue weighted by Crippen LogP contribution is 2.49. The first-order valence-corrected chi connectivity index (χ1v) is 10.4. The van der Waals surface area contributed by atoms with E-state index in [1.54, 1.807) is 0 Å². The molecular weight excluding hydrogens is 330 g/mol. The molecule has 1 aliphatic heterocycles. The summed E-state index contributed by atoms with van der Waals surface area (Å²) in [4.78, 5) is 38.3. The Morgan fingerprint density at radius 2 is 2.04 bits per heavy atom. The number of nitrogens with zero attached hydrogens (tertiary/aromatic N) is 1. The van der Waals surface area contributed by atoms with Gasteiger partial charge < -0.3 is 10.6 Å². The molecular formula is C20H31N3O3. The van der Waals surface area contributed by atoms with Gasteiger partial charge in [-0.15, -0.1) is 0 Å². The van der Waals surface area contributed by atoms with Crippen molar-refractivity contribution in [3.05, 3.63) is 0 Å². The number of nitrogens with one attached hydrogen (secondary N) is 2. The fraction of sp³-hybridized carbons (Fsp3) is 0.850. The van der Waals surface area contributed by atoms with Crippen molar-refractivity contribution in [2.75, 3.05) is 6.54 Å². The van der Waals surface area contributed by atoms with Gasteiger partial charge in [0.15, 0.2) is 0 Å². The van der Waals surface area contributed by atoms with Gasteiger partial charge in [0.1, 0.15) is 5.54 Å². The summed E-state index contributed by atoms with van der Waals surface area (Å²) in [7, 11) is 0. The molecule has 4 aliphatic rings. The Bertz CT molecular complexity index is 599. The summed E-state index contributed by atoms with van der Waals surface area (Å²) in [6.45, 7) is 2.47. The second-order valence-electron chi connectivity index (χ2n) is 8.97. The Balaban J connectivity index is 1.21. The number of hydrogen-bond acceptors (Lipinski definition) is 3. The maximum absolute atomic E-state index is 12.6.